The van der Waals surface area contributed by atoms with Gasteiger partial charge in [0, 0.05) is 18.0 Å². The number of hydrazone groups is 1. The minimum atomic E-state index is -0.452. The zero-order valence-corrected chi connectivity index (χ0v) is 14.5. The fourth-order valence-electron chi connectivity index (χ4n) is 2.46. The van der Waals surface area contributed by atoms with Crippen molar-refractivity contribution >= 4 is 39.8 Å². The van der Waals surface area contributed by atoms with Gasteiger partial charge in [0.15, 0.2) is 5.84 Å². The van der Waals surface area contributed by atoms with Crippen LogP contribution >= 0.6 is 11.8 Å². The number of ether oxygens (including phenoxy) is 1. The number of hydrogen-bond donors (Lipinski definition) is 1. The monoisotopic (exact) mass is 363 g/mol. The molecule has 2 aliphatic rings. The predicted octanol–water partition coefficient (Wildman–Crippen LogP) is 2.76. The van der Waals surface area contributed by atoms with Crippen molar-refractivity contribution in [3.05, 3.63) is 65.5 Å². The van der Waals surface area contributed by atoms with Gasteiger partial charge in [-0.15, -0.1) is 0 Å². The first-order valence-corrected chi connectivity index (χ1v) is 8.52. The van der Waals surface area contributed by atoms with Crippen LogP contribution in [0.25, 0.3) is 6.08 Å². The number of amides is 1. The molecular weight excluding hydrogens is 350 g/mol. The minimum Gasteiger partial charge on any atom is -0.497 e. The van der Waals surface area contributed by atoms with Crippen molar-refractivity contribution in [1.29, 1.82) is 5.41 Å². The zero-order chi connectivity index (χ0) is 18.1. The first-order valence-electron chi connectivity index (χ1n) is 7.70. The second kappa shape index (κ2) is 6.57. The summed E-state index contributed by atoms with van der Waals surface area (Å²) in [6.07, 6.45) is 4.99. The van der Waals surface area contributed by atoms with Crippen molar-refractivity contribution in [1.82, 2.24) is 9.99 Å². The Kier molecular flexibility index (Phi) is 4.10. The Hall–Kier alpha value is -3.26. The lowest BCUT2D eigenvalue weighted by molar-refractivity contribution is -0.114. The van der Waals surface area contributed by atoms with E-state index >= 15 is 0 Å². The molecule has 0 fully saturated rings. The van der Waals surface area contributed by atoms with E-state index in [0.29, 0.717) is 10.2 Å². The lowest BCUT2D eigenvalue weighted by atomic mass is 10.1. The van der Waals surface area contributed by atoms with Crippen LogP contribution < -0.4 is 4.74 Å². The van der Waals surface area contributed by atoms with Crippen LogP contribution in [0.2, 0.25) is 0 Å². The Balaban J connectivity index is 1.66. The lowest BCUT2D eigenvalue weighted by Gasteiger charge is -2.20. The minimum absolute atomic E-state index is 0.00204. The van der Waals surface area contributed by atoms with Crippen LogP contribution in [0.5, 0.6) is 5.75 Å². The molecule has 0 radical (unpaired) electrons. The summed E-state index contributed by atoms with van der Waals surface area (Å²) >= 11 is 1.25. The largest absolute Gasteiger partial charge is 0.497 e. The maximum atomic E-state index is 12.4. The van der Waals surface area contributed by atoms with Crippen molar-refractivity contribution < 1.29 is 9.53 Å². The predicted molar refractivity (Wildman–Crippen MR) is 101 cm³/mol. The summed E-state index contributed by atoms with van der Waals surface area (Å²) in [5.74, 6) is 0.272. The Labute approximate surface area is 153 Å². The van der Waals surface area contributed by atoms with Crippen LogP contribution in [-0.2, 0) is 4.79 Å². The normalized spacial score (nSPS) is 17.9. The van der Waals surface area contributed by atoms with Gasteiger partial charge in [0.25, 0.3) is 5.91 Å². The quantitative estimate of drug-likeness (QED) is 0.847. The van der Waals surface area contributed by atoms with Crippen molar-refractivity contribution in [3.8, 4) is 5.75 Å². The van der Waals surface area contributed by atoms with Gasteiger partial charge in [0.05, 0.1) is 12.7 Å². The van der Waals surface area contributed by atoms with Crippen LogP contribution in [0.15, 0.2) is 64.5 Å². The Bertz CT molecular complexity index is 980. The van der Waals surface area contributed by atoms with E-state index in [0.717, 1.165) is 16.9 Å². The Morgan fingerprint density at radius 1 is 1.23 bits per heavy atom. The van der Waals surface area contributed by atoms with Crippen molar-refractivity contribution in [2.24, 2.45) is 10.1 Å². The van der Waals surface area contributed by atoms with E-state index in [1.54, 1.807) is 37.7 Å². The summed E-state index contributed by atoms with van der Waals surface area (Å²) in [5.41, 5.74) is 1.78. The van der Waals surface area contributed by atoms with Crippen LogP contribution in [0.1, 0.15) is 11.1 Å². The molecule has 3 heterocycles. The number of methoxy groups -OCH3 is 1. The molecular formula is C18H13N5O2S. The summed E-state index contributed by atoms with van der Waals surface area (Å²) in [6.45, 7) is 0. The molecule has 1 aromatic carbocycles. The number of benzene rings is 1. The second-order valence-corrected chi connectivity index (χ2v) is 6.40. The standard InChI is InChI=1S/C18H13N5O2S/c1-25-13-6-4-11(5-7-13)9-14-15(19)23-18(21-16(14)24)26-17(22-23)12-3-2-8-20-10-12/h2-10,19H,1H3/b14-9-,19-15?. The van der Waals surface area contributed by atoms with Gasteiger partial charge in [-0.05, 0) is 47.7 Å². The molecule has 0 aliphatic carbocycles. The van der Waals surface area contributed by atoms with Crippen LogP contribution in [-0.4, -0.2) is 39.1 Å². The molecule has 8 heteroatoms. The number of nitrogens with one attached hydrogen (secondary N) is 1. The van der Waals surface area contributed by atoms with Gasteiger partial charge < -0.3 is 4.74 Å². The highest BCUT2D eigenvalue weighted by Gasteiger charge is 2.36. The van der Waals surface area contributed by atoms with Crippen LogP contribution in [0.3, 0.4) is 0 Å². The van der Waals surface area contributed by atoms with Crippen LogP contribution in [0.4, 0.5) is 0 Å². The molecule has 2 aliphatic heterocycles. The molecule has 26 heavy (non-hydrogen) atoms. The molecule has 0 bridgehead atoms. The number of pyridine rings is 1. The number of amidine groups is 2. The van der Waals surface area contributed by atoms with E-state index < -0.39 is 5.91 Å². The number of rotatable bonds is 3. The van der Waals surface area contributed by atoms with Crippen molar-refractivity contribution in [2.75, 3.05) is 7.11 Å². The molecule has 128 valence electrons. The molecule has 7 nitrogen and oxygen atoms in total. The molecule has 0 saturated carbocycles. The van der Waals surface area contributed by atoms with Gasteiger partial charge in [-0.2, -0.15) is 15.1 Å². The third kappa shape index (κ3) is 2.91. The van der Waals surface area contributed by atoms with Gasteiger partial charge in [-0.25, -0.2) is 0 Å². The molecule has 1 amide bonds. The molecule has 1 N–H and O–H groups in total. The molecule has 0 atom stereocenters. The van der Waals surface area contributed by atoms with Crippen molar-refractivity contribution in [3.63, 3.8) is 0 Å². The van der Waals surface area contributed by atoms with E-state index in [-0.39, 0.29) is 11.4 Å². The Morgan fingerprint density at radius 3 is 2.73 bits per heavy atom. The number of fused-ring (bicyclic) bond motifs is 1. The fourth-order valence-corrected chi connectivity index (χ4v) is 3.35. The summed E-state index contributed by atoms with van der Waals surface area (Å²) in [7, 11) is 1.59. The number of carbonyl (C=O) groups excluding carboxylic acids is 1. The van der Waals surface area contributed by atoms with Crippen molar-refractivity contribution in [2.45, 2.75) is 0 Å². The Morgan fingerprint density at radius 2 is 2.04 bits per heavy atom. The van der Waals surface area contributed by atoms with E-state index in [9.17, 15) is 4.79 Å². The first kappa shape index (κ1) is 16.2. The number of thioether (sulfide) groups is 1. The maximum absolute atomic E-state index is 12.4. The maximum Gasteiger partial charge on any atom is 0.283 e. The van der Waals surface area contributed by atoms with Gasteiger partial charge >= 0.3 is 0 Å². The molecule has 0 saturated heterocycles. The average Bonchev–Trinajstić information content (AvgIpc) is 3.10. The second-order valence-electron chi connectivity index (χ2n) is 5.44. The van der Waals surface area contributed by atoms with Gasteiger partial charge in [0.2, 0.25) is 5.17 Å². The first-order chi connectivity index (χ1) is 12.7. The summed E-state index contributed by atoms with van der Waals surface area (Å²) < 4.78 is 5.13. The van der Waals surface area contributed by atoms with Gasteiger partial charge in [-0.3, -0.25) is 15.2 Å². The van der Waals surface area contributed by atoms with Crippen LogP contribution in [0, 0.1) is 5.41 Å². The molecule has 2 aromatic rings. The number of hydrogen-bond acceptors (Lipinski definition) is 6. The van der Waals surface area contributed by atoms with E-state index in [4.69, 9.17) is 10.1 Å². The summed E-state index contributed by atoms with van der Waals surface area (Å²) in [4.78, 5) is 20.5. The van der Waals surface area contributed by atoms with E-state index in [1.807, 2.05) is 24.3 Å². The SMILES string of the molecule is COc1ccc(/C=C2/C(=N)N3N=C(c4cccnc4)SC3=NC2=O)cc1. The highest BCUT2D eigenvalue weighted by Crippen LogP contribution is 2.30. The highest BCUT2D eigenvalue weighted by atomic mass is 32.2. The number of carbonyl (C=O) groups is 1. The number of aliphatic imine (C=N–C) groups is 1. The topological polar surface area (TPSA) is 91.0 Å². The molecule has 0 unspecified atom stereocenters. The third-order valence-electron chi connectivity index (χ3n) is 3.79. The molecule has 4 rings (SSSR count). The van der Waals surface area contributed by atoms with Gasteiger partial charge in [-0.1, -0.05) is 12.1 Å². The average molecular weight is 363 g/mol. The smallest absolute Gasteiger partial charge is 0.283 e. The zero-order valence-electron chi connectivity index (χ0n) is 13.7. The number of aromatic nitrogens is 1. The highest BCUT2D eigenvalue weighted by molar-refractivity contribution is 8.27. The molecule has 0 spiro atoms. The lowest BCUT2D eigenvalue weighted by Crippen LogP contribution is -2.35. The summed E-state index contributed by atoms with van der Waals surface area (Å²) in [5, 5.41) is 15.2. The fraction of sp³-hybridized carbons (Fsp3) is 0.0556. The van der Waals surface area contributed by atoms with E-state index in [2.05, 4.69) is 15.1 Å². The third-order valence-corrected chi connectivity index (χ3v) is 4.75. The van der Waals surface area contributed by atoms with E-state index in [1.165, 1.54) is 16.8 Å². The van der Waals surface area contributed by atoms with Gasteiger partial charge in [0.1, 0.15) is 10.8 Å². The number of nitrogens with zero attached hydrogens (tertiary/aromatic N) is 4. The molecule has 1 aromatic heterocycles. The summed E-state index contributed by atoms with van der Waals surface area (Å²) in [6, 6.07) is 10.9.